The van der Waals surface area contributed by atoms with Crippen LogP contribution in [0.3, 0.4) is 0 Å². The third-order valence-corrected chi connectivity index (χ3v) is 7.12. The maximum absolute atomic E-state index is 12.3. The van der Waals surface area contributed by atoms with E-state index in [2.05, 4.69) is 14.5 Å². The minimum Gasteiger partial charge on any atom is -0.329 e. The first-order valence-corrected chi connectivity index (χ1v) is 11.0. The highest BCUT2D eigenvalue weighted by Gasteiger charge is 2.29. The van der Waals surface area contributed by atoms with Crippen LogP contribution in [0.2, 0.25) is 0 Å². The Morgan fingerprint density at radius 2 is 2.08 bits per heavy atom. The van der Waals surface area contributed by atoms with Crippen molar-refractivity contribution in [2.24, 2.45) is 0 Å². The number of hydrogen-bond acceptors (Lipinski definition) is 5. The van der Waals surface area contributed by atoms with Gasteiger partial charge < -0.3 is 4.57 Å². The highest BCUT2D eigenvalue weighted by molar-refractivity contribution is 7.89. The minimum atomic E-state index is -3.09. The predicted molar refractivity (Wildman–Crippen MR) is 95.7 cm³/mol. The highest BCUT2D eigenvalue weighted by atomic mass is 32.2. The summed E-state index contributed by atoms with van der Waals surface area (Å²) in [6.07, 6.45) is 7.12. The maximum Gasteiger partial charge on any atom is 0.214 e. The van der Waals surface area contributed by atoms with Crippen molar-refractivity contribution in [3.63, 3.8) is 0 Å². The van der Waals surface area contributed by atoms with Crippen molar-refractivity contribution in [1.29, 1.82) is 0 Å². The lowest BCUT2D eigenvalue weighted by Gasteiger charge is -2.31. The van der Waals surface area contributed by atoms with Gasteiger partial charge in [-0.15, -0.1) is 11.3 Å². The third kappa shape index (κ3) is 4.04. The van der Waals surface area contributed by atoms with Gasteiger partial charge in [-0.2, -0.15) is 0 Å². The zero-order valence-electron chi connectivity index (χ0n) is 14.0. The third-order valence-electron chi connectivity index (χ3n) is 4.53. The van der Waals surface area contributed by atoms with E-state index in [4.69, 9.17) is 0 Å². The summed E-state index contributed by atoms with van der Waals surface area (Å²) < 4.78 is 28.4. The van der Waals surface area contributed by atoms with Gasteiger partial charge in [0, 0.05) is 36.8 Å². The first-order chi connectivity index (χ1) is 11.6. The van der Waals surface area contributed by atoms with Gasteiger partial charge in [0.1, 0.15) is 5.82 Å². The average Bonchev–Trinajstić information content (AvgIpc) is 3.25. The average molecular weight is 369 g/mol. The first-order valence-electron chi connectivity index (χ1n) is 8.46. The number of unbranched alkanes of at least 4 members (excludes halogenated alkanes) is 1. The van der Waals surface area contributed by atoms with Crippen LogP contribution in [0.15, 0.2) is 23.3 Å². The van der Waals surface area contributed by atoms with E-state index in [1.807, 2.05) is 30.2 Å². The smallest absolute Gasteiger partial charge is 0.214 e. The molecule has 0 aliphatic carbocycles. The summed E-state index contributed by atoms with van der Waals surface area (Å²) >= 11 is 1.59. The number of thiazole rings is 1. The van der Waals surface area contributed by atoms with E-state index in [1.54, 1.807) is 15.6 Å². The van der Waals surface area contributed by atoms with E-state index in [-0.39, 0.29) is 5.75 Å². The first kappa shape index (κ1) is 17.6. The number of hydrogen-bond donors (Lipinski definition) is 0. The molecule has 3 heterocycles. The van der Waals surface area contributed by atoms with Crippen LogP contribution in [-0.4, -0.2) is 46.1 Å². The van der Waals surface area contributed by atoms with Crippen molar-refractivity contribution in [2.75, 3.05) is 18.8 Å². The van der Waals surface area contributed by atoms with E-state index in [0.29, 0.717) is 19.0 Å². The molecular weight excluding hydrogens is 344 g/mol. The van der Waals surface area contributed by atoms with Gasteiger partial charge in [0.2, 0.25) is 10.0 Å². The molecular formula is C16H24N4O2S2. The van der Waals surface area contributed by atoms with Crippen molar-refractivity contribution in [3.8, 4) is 0 Å². The van der Waals surface area contributed by atoms with Gasteiger partial charge >= 0.3 is 0 Å². The summed E-state index contributed by atoms with van der Waals surface area (Å²) in [5.74, 6) is 1.64. The van der Waals surface area contributed by atoms with Crippen LogP contribution in [0.25, 0.3) is 0 Å². The zero-order valence-corrected chi connectivity index (χ0v) is 15.6. The Morgan fingerprint density at radius 1 is 1.29 bits per heavy atom. The van der Waals surface area contributed by atoms with Gasteiger partial charge in [-0.1, -0.05) is 13.3 Å². The summed E-state index contributed by atoms with van der Waals surface area (Å²) in [6, 6.07) is 0. The highest BCUT2D eigenvalue weighted by Crippen LogP contribution is 2.28. The van der Waals surface area contributed by atoms with Crippen LogP contribution in [0.4, 0.5) is 0 Å². The number of nitrogens with zero attached hydrogens (tertiary/aromatic N) is 4. The van der Waals surface area contributed by atoms with Crippen molar-refractivity contribution in [3.05, 3.63) is 34.8 Å². The molecule has 6 nitrogen and oxygen atoms in total. The fourth-order valence-electron chi connectivity index (χ4n) is 3.15. The number of aromatic nitrogens is 3. The molecule has 132 valence electrons. The topological polar surface area (TPSA) is 68.1 Å². The van der Waals surface area contributed by atoms with E-state index in [1.165, 1.54) is 0 Å². The molecule has 0 spiro atoms. The number of imidazole rings is 1. The van der Waals surface area contributed by atoms with Crippen molar-refractivity contribution < 1.29 is 8.42 Å². The number of piperidine rings is 1. The Kier molecular flexibility index (Phi) is 5.68. The van der Waals surface area contributed by atoms with Gasteiger partial charge in [-0.3, -0.25) is 0 Å². The molecule has 2 aromatic heterocycles. The molecule has 0 atom stereocenters. The summed E-state index contributed by atoms with van der Waals surface area (Å²) in [4.78, 5) is 8.86. The van der Waals surface area contributed by atoms with Gasteiger partial charge in [0.25, 0.3) is 0 Å². The molecule has 0 bridgehead atoms. The van der Waals surface area contributed by atoms with Crippen LogP contribution in [0, 0.1) is 0 Å². The lowest BCUT2D eigenvalue weighted by atomic mass is 9.97. The van der Waals surface area contributed by atoms with Crippen molar-refractivity contribution in [2.45, 2.75) is 45.1 Å². The maximum atomic E-state index is 12.3. The Bertz CT molecular complexity index is 732. The van der Waals surface area contributed by atoms with Crippen LogP contribution < -0.4 is 0 Å². The molecule has 0 unspecified atom stereocenters. The molecule has 3 rings (SSSR count). The molecule has 2 aromatic rings. The number of sulfonamides is 1. The Balaban J connectivity index is 1.62. The lowest BCUT2D eigenvalue weighted by molar-refractivity contribution is 0.310. The second-order valence-corrected chi connectivity index (χ2v) is 9.04. The second-order valence-electron chi connectivity index (χ2n) is 6.24. The van der Waals surface area contributed by atoms with E-state index < -0.39 is 10.0 Å². The molecule has 0 aromatic carbocycles. The predicted octanol–water partition coefficient (Wildman–Crippen LogP) is 2.70. The monoisotopic (exact) mass is 368 g/mol. The molecule has 0 saturated carbocycles. The summed E-state index contributed by atoms with van der Waals surface area (Å²) in [5.41, 5.74) is 2.88. The summed E-state index contributed by atoms with van der Waals surface area (Å²) in [5, 5.41) is 2.05. The summed E-state index contributed by atoms with van der Waals surface area (Å²) in [6.45, 7) is 3.94. The standard InChI is InChI=1S/C16H24N4O2S2/c1-2-3-10-24(21,22)20-7-4-14(5-8-20)16-17-6-9-19(16)11-15-12-23-13-18-15/h6,9,12-14H,2-5,7-8,10-11H2,1H3. The van der Waals surface area contributed by atoms with Crippen LogP contribution >= 0.6 is 11.3 Å². The lowest BCUT2D eigenvalue weighted by Crippen LogP contribution is -2.39. The van der Waals surface area contributed by atoms with Crippen LogP contribution in [0.1, 0.15) is 50.0 Å². The molecule has 1 fully saturated rings. The van der Waals surface area contributed by atoms with Gasteiger partial charge in [0.15, 0.2) is 0 Å². The van der Waals surface area contributed by atoms with Crippen LogP contribution in [0.5, 0.6) is 0 Å². The quantitative estimate of drug-likeness (QED) is 0.753. The molecule has 0 N–H and O–H groups in total. The Morgan fingerprint density at radius 3 is 2.75 bits per heavy atom. The second kappa shape index (κ2) is 7.76. The minimum absolute atomic E-state index is 0.270. The molecule has 0 amide bonds. The van der Waals surface area contributed by atoms with Crippen LogP contribution in [-0.2, 0) is 16.6 Å². The fraction of sp³-hybridized carbons (Fsp3) is 0.625. The van der Waals surface area contributed by atoms with E-state index >= 15 is 0 Å². The number of rotatable bonds is 7. The van der Waals surface area contributed by atoms with Gasteiger partial charge in [-0.25, -0.2) is 22.7 Å². The van der Waals surface area contributed by atoms with E-state index in [9.17, 15) is 8.42 Å². The summed E-state index contributed by atoms with van der Waals surface area (Å²) in [7, 11) is -3.09. The van der Waals surface area contributed by atoms with Crippen molar-refractivity contribution >= 4 is 21.4 Å². The molecule has 1 aliphatic rings. The molecule has 24 heavy (non-hydrogen) atoms. The van der Waals surface area contributed by atoms with Gasteiger partial charge in [-0.05, 0) is 19.3 Å². The molecule has 8 heteroatoms. The molecule has 1 aliphatic heterocycles. The fourth-order valence-corrected chi connectivity index (χ4v) is 5.38. The Hall–Kier alpha value is -1.25. The molecule has 1 saturated heterocycles. The largest absolute Gasteiger partial charge is 0.329 e. The molecule has 0 radical (unpaired) electrons. The normalized spacial score (nSPS) is 17.4. The Labute approximate surface area is 147 Å². The SMILES string of the molecule is CCCCS(=O)(=O)N1CCC(c2nccn2Cc2cscn2)CC1. The van der Waals surface area contributed by atoms with E-state index in [0.717, 1.165) is 43.7 Å². The van der Waals surface area contributed by atoms with Gasteiger partial charge in [0.05, 0.1) is 23.5 Å². The van der Waals surface area contributed by atoms with Crippen molar-refractivity contribution in [1.82, 2.24) is 18.8 Å². The zero-order chi connectivity index (χ0) is 17.0.